The predicted molar refractivity (Wildman–Crippen MR) is 110 cm³/mol. The Morgan fingerprint density at radius 2 is 2.07 bits per heavy atom. The van der Waals surface area contributed by atoms with Crippen LogP contribution in [0.4, 0.5) is 0 Å². The number of carbonyl (C=O) groups excluding carboxylic acids is 1. The van der Waals surface area contributed by atoms with Gasteiger partial charge in [0.2, 0.25) is 5.91 Å². The third kappa shape index (κ3) is 4.18. The van der Waals surface area contributed by atoms with Crippen molar-refractivity contribution in [3.05, 3.63) is 64.2 Å². The number of morpholine rings is 1. The highest BCUT2D eigenvalue weighted by Crippen LogP contribution is 2.36. The Morgan fingerprint density at radius 3 is 2.86 bits per heavy atom. The van der Waals surface area contributed by atoms with Gasteiger partial charge in [0.05, 0.1) is 20.3 Å². The summed E-state index contributed by atoms with van der Waals surface area (Å²) in [6.45, 7) is 1.82. The van der Waals surface area contributed by atoms with Gasteiger partial charge in [0.25, 0.3) is 0 Å². The molecule has 28 heavy (non-hydrogen) atoms. The molecule has 4 rings (SSSR count). The maximum Gasteiger partial charge on any atom is 0.223 e. The molecule has 1 fully saturated rings. The van der Waals surface area contributed by atoms with E-state index in [1.165, 1.54) is 11.1 Å². The summed E-state index contributed by atoms with van der Waals surface area (Å²) in [5.41, 5.74) is 3.70. The lowest BCUT2D eigenvalue weighted by Crippen LogP contribution is -2.42. The van der Waals surface area contributed by atoms with E-state index in [4.69, 9.17) is 21.1 Å². The summed E-state index contributed by atoms with van der Waals surface area (Å²) in [6, 6.07) is 14.0. The van der Waals surface area contributed by atoms with Crippen molar-refractivity contribution in [2.45, 2.75) is 37.7 Å². The van der Waals surface area contributed by atoms with E-state index in [1.54, 1.807) is 7.11 Å². The number of nitrogens with zero attached hydrogens (tertiary/aromatic N) is 1. The first kappa shape index (κ1) is 19.3. The number of aryl methyl sites for hydroxylation is 1. The molecule has 0 saturated carbocycles. The van der Waals surface area contributed by atoms with E-state index in [2.05, 4.69) is 12.1 Å². The summed E-state index contributed by atoms with van der Waals surface area (Å²) in [4.78, 5) is 15.0. The fraction of sp³-hybridized carbons (Fsp3) is 0.435. The summed E-state index contributed by atoms with van der Waals surface area (Å²) < 4.78 is 11.3. The lowest BCUT2D eigenvalue weighted by Gasteiger charge is -2.35. The summed E-state index contributed by atoms with van der Waals surface area (Å²) in [7, 11) is 1.70. The largest absolute Gasteiger partial charge is 0.497 e. The Bertz CT molecular complexity index is 836. The van der Waals surface area contributed by atoms with E-state index in [9.17, 15) is 4.79 Å². The van der Waals surface area contributed by atoms with Crippen LogP contribution in [0.15, 0.2) is 42.5 Å². The summed E-state index contributed by atoms with van der Waals surface area (Å²) in [6.07, 6.45) is 3.72. The molecule has 0 N–H and O–H groups in total. The molecule has 2 atom stereocenters. The molecular weight excluding hydrogens is 374 g/mol. The van der Waals surface area contributed by atoms with Gasteiger partial charge in [-0.05, 0) is 66.1 Å². The number of amides is 1. The van der Waals surface area contributed by atoms with Crippen molar-refractivity contribution in [2.75, 3.05) is 26.8 Å². The van der Waals surface area contributed by atoms with Crippen molar-refractivity contribution in [2.24, 2.45) is 0 Å². The van der Waals surface area contributed by atoms with Crippen LogP contribution in [0.25, 0.3) is 0 Å². The standard InChI is InChI=1S/C23H26ClNO3/c1-27-20-9-10-21-17(13-20)3-2-4-18(21)14-23(26)25-11-12-28-22(15-25)16-5-7-19(24)8-6-16/h5-10,13,18,22H,2-4,11-12,14-15H2,1H3. The van der Waals surface area contributed by atoms with Crippen LogP contribution in [0.1, 0.15) is 48.0 Å². The number of ether oxygens (including phenoxy) is 2. The minimum Gasteiger partial charge on any atom is -0.497 e. The van der Waals surface area contributed by atoms with Crippen LogP contribution in [0.5, 0.6) is 5.75 Å². The fourth-order valence-corrected chi connectivity index (χ4v) is 4.45. The molecule has 5 heteroatoms. The molecule has 1 aliphatic carbocycles. The summed E-state index contributed by atoms with van der Waals surface area (Å²) in [5, 5.41) is 0.708. The highest BCUT2D eigenvalue weighted by atomic mass is 35.5. The monoisotopic (exact) mass is 399 g/mol. The maximum atomic E-state index is 13.1. The molecule has 0 bridgehead atoms. The van der Waals surface area contributed by atoms with Gasteiger partial charge in [-0.3, -0.25) is 4.79 Å². The fourth-order valence-electron chi connectivity index (χ4n) is 4.33. The Balaban J connectivity index is 1.43. The third-order valence-electron chi connectivity index (χ3n) is 5.87. The quantitative estimate of drug-likeness (QED) is 0.744. The molecule has 2 aromatic carbocycles. The summed E-state index contributed by atoms with van der Waals surface area (Å²) >= 11 is 5.99. The van der Waals surface area contributed by atoms with Crippen molar-refractivity contribution >= 4 is 17.5 Å². The first-order valence-electron chi connectivity index (χ1n) is 9.95. The van der Waals surface area contributed by atoms with Crippen molar-refractivity contribution < 1.29 is 14.3 Å². The number of methoxy groups -OCH3 is 1. The van der Waals surface area contributed by atoms with Crippen molar-refractivity contribution in [1.82, 2.24) is 4.90 Å². The van der Waals surface area contributed by atoms with Gasteiger partial charge in [0.1, 0.15) is 11.9 Å². The number of halogens is 1. The number of hydrogen-bond donors (Lipinski definition) is 0. The molecule has 0 aromatic heterocycles. The molecule has 2 aliphatic rings. The second-order valence-corrected chi connectivity index (χ2v) is 8.05. The topological polar surface area (TPSA) is 38.8 Å². The average molecular weight is 400 g/mol. The first-order chi connectivity index (χ1) is 13.6. The maximum absolute atomic E-state index is 13.1. The van der Waals surface area contributed by atoms with Gasteiger partial charge in [-0.25, -0.2) is 0 Å². The van der Waals surface area contributed by atoms with E-state index < -0.39 is 0 Å². The molecule has 148 valence electrons. The Morgan fingerprint density at radius 1 is 1.25 bits per heavy atom. The number of hydrogen-bond acceptors (Lipinski definition) is 3. The molecule has 2 unspecified atom stereocenters. The second kappa shape index (κ2) is 8.54. The lowest BCUT2D eigenvalue weighted by atomic mass is 9.80. The molecule has 1 heterocycles. The van der Waals surface area contributed by atoms with E-state index >= 15 is 0 Å². The van der Waals surface area contributed by atoms with Gasteiger partial charge in [-0.2, -0.15) is 0 Å². The van der Waals surface area contributed by atoms with Crippen LogP contribution >= 0.6 is 11.6 Å². The average Bonchev–Trinajstić information content (AvgIpc) is 2.74. The second-order valence-electron chi connectivity index (χ2n) is 7.61. The van der Waals surface area contributed by atoms with Crippen LogP contribution in [0.2, 0.25) is 5.02 Å². The molecule has 1 saturated heterocycles. The SMILES string of the molecule is COc1ccc2c(c1)CCCC2CC(=O)N1CCOC(c2ccc(Cl)cc2)C1. The predicted octanol–water partition coefficient (Wildman–Crippen LogP) is 4.76. The number of benzene rings is 2. The van der Waals surface area contributed by atoms with E-state index in [0.29, 0.717) is 37.1 Å². The Hall–Kier alpha value is -2.04. The number of carbonyl (C=O) groups is 1. The molecular formula is C23H26ClNO3. The van der Waals surface area contributed by atoms with Crippen molar-refractivity contribution in [3.63, 3.8) is 0 Å². The van der Waals surface area contributed by atoms with Crippen LogP contribution < -0.4 is 4.74 Å². The van der Waals surface area contributed by atoms with Crippen molar-refractivity contribution in [3.8, 4) is 5.75 Å². The Kier molecular flexibility index (Phi) is 5.88. The Labute approximate surface area is 171 Å². The summed E-state index contributed by atoms with van der Waals surface area (Å²) in [5.74, 6) is 1.40. The van der Waals surface area contributed by atoms with Gasteiger partial charge >= 0.3 is 0 Å². The zero-order valence-electron chi connectivity index (χ0n) is 16.2. The smallest absolute Gasteiger partial charge is 0.223 e. The van der Waals surface area contributed by atoms with Gasteiger partial charge < -0.3 is 14.4 Å². The van der Waals surface area contributed by atoms with E-state index in [1.807, 2.05) is 35.2 Å². The van der Waals surface area contributed by atoms with Gasteiger partial charge in [-0.1, -0.05) is 29.8 Å². The van der Waals surface area contributed by atoms with Crippen LogP contribution in [0, 0.1) is 0 Å². The number of rotatable bonds is 4. The minimum atomic E-state index is -0.0853. The molecule has 2 aromatic rings. The van der Waals surface area contributed by atoms with Gasteiger partial charge in [0, 0.05) is 18.0 Å². The van der Waals surface area contributed by atoms with Crippen LogP contribution in [-0.4, -0.2) is 37.6 Å². The highest BCUT2D eigenvalue weighted by Gasteiger charge is 2.29. The molecule has 1 amide bonds. The van der Waals surface area contributed by atoms with Gasteiger partial charge in [-0.15, -0.1) is 0 Å². The van der Waals surface area contributed by atoms with Crippen LogP contribution in [0.3, 0.4) is 0 Å². The van der Waals surface area contributed by atoms with E-state index in [0.717, 1.165) is 30.6 Å². The highest BCUT2D eigenvalue weighted by molar-refractivity contribution is 6.30. The molecule has 1 aliphatic heterocycles. The minimum absolute atomic E-state index is 0.0853. The molecule has 0 radical (unpaired) electrons. The number of fused-ring (bicyclic) bond motifs is 1. The third-order valence-corrected chi connectivity index (χ3v) is 6.12. The van der Waals surface area contributed by atoms with Crippen LogP contribution in [-0.2, 0) is 16.0 Å². The molecule has 4 nitrogen and oxygen atoms in total. The zero-order valence-corrected chi connectivity index (χ0v) is 17.0. The van der Waals surface area contributed by atoms with E-state index in [-0.39, 0.29) is 12.0 Å². The zero-order chi connectivity index (χ0) is 19.5. The molecule has 0 spiro atoms. The van der Waals surface area contributed by atoms with Gasteiger partial charge in [0.15, 0.2) is 0 Å². The lowest BCUT2D eigenvalue weighted by molar-refractivity contribution is -0.139. The normalized spacial score (nSPS) is 21.9. The first-order valence-corrected chi connectivity index (χ1v) is 10.3. The van der Waals surface area contributed by atoms with Crippen molar-refractivity contribution in [1.29, 1.82) is 0 Å².